The monoisotopic (exact) mass is 487 g/mol. The van der Waals surface area contributed by atoms with Crippen molar-refractivity contribution in [3.8, 4) is 11.5 Å². The Morgan fingerprint density at radius 2 is 1.44 bits per heavy atom. The molecule has 10 heteroatoms. The molecule has 1 aromatic heterocycles. The van der Waals surface area contributed by atoms with Gasteiger partial charge in [0.25, 0.3) is 10.0 Å². The number of sulfonamides is 1. The molecule has 0 aliphatic carbocycles. The van der Waals surface area contributed by atoms with Gasteiger partial charge in [-0.2, -0.15) is 9.40 Å². The third-order valence-electron chi connectivity index (χ3n) is 6.03. The summed E-state index contributed by atoms with van der Waals surface area (Å²) in [5, 5.41) is 4.32. The first-order chi connectivity index (χ1) is 16.3. The molecule has 3 aromatic rings. The van der Waals surface area contributed by atoms with E-state index >= 15 is 0 Å². The molecule has 0 spiro atoms. The van der Waals surface area contributed by atoms with Crippen molar-refractivity contribution in [1.82, 2.24) is 14.1 Å². The summed E-state index contributed by atoms with van der Waals surface area (Å²) in [5.41, 5.74) is 1.63. The van der Waals surface area contributed by atoms with E-state index in [4.69, 9.17) is 18.9 Å². The first-order valence-corrected chi connectivity index (χ1v) is 12.2. The van der Waals surface area contributed by atoms with Crippen molar-refractivity contribution in [2.75, 3.05) is 34.5 Å². The molecule has 0 bridgehead atoms. The fraction of sp³-hybridized carbons (Fsp3) is 0.375. The topological polar surface area (TPSA) is 92.1 Å². The number of methoxy groups -OCH3 is 3. The zero-order valence-electron chi connectivity index (χ0n) is 19.7. The van der Waals surface area contributed by atoms with E-state index in [9.17, 15) is 8.42 Å². The summed E-state index contributed by atoms with van der Waals surface area (Å²) in [5.74, 6) is 1.41. The second-order valence-corrected chi connectivity index (χ2v) is 10.0. The van der Waals surface area contributed by atoms with Crippen molar-refractivity contribution < 1.29 is 27.4 Å². The minimum absolute atomic E-state index is 0.0321. The smallest absolute Gasteiger partial charge is 0.263 e. The van der Waals surface area contributed by atoms with Gasteiger partial charge in [-0.05, 0) is 35.4 Å². The van der Waals surface area contributed by atoms with Gasteiger partial charge in [0.1, 0.15) is 11.5 Å². The summed E-state index contributed by atoms with van der Waals surface area (Å²) in [6.07, 6.45) is 0. The molecule has 1 saturated heterocycles. The Bertz CT molecular complexity index is 1160. The highest BCUT2D eigenvalue weighted by Crippen LogP contribution is 2.34. The first kappa shape index (κ1) is 24.2. The normalized spacial score (nSPS) is 15.2. The van der Waals surface area contributed by atoms with Gasteiger partial charge >= 0.3 is 0 Å². The average Bonchev–Trinajstić information content (AvgIpc) is 3.22. The van der Waals surface area contributed by atoms with Crippen molar-refractivity contribution in [2.45, 2.75) is 23.7 Å². The van der Waals surface area contributed by atoms with E-state index in [1.807, 2.05) is 48.5 Å². The molecule has 1 aliphatic rings. The zero-order chi connectivity index (χ0) is 24.3. The zero-order valence-corrected chi connectivity index (χ0v) is 20.5. The Labute approximate surface area is 199 Å². The maximum absolute atomic E-state index is 13.8. The molecule has 2 aromatic carbocycles. The number of hydrogen-bond acceptors (Lipinski definition) is 7. The van der Waals surface area contributed by atoms with Crippen LogP contribution >= 0.6 is 0 Å². The van der Waals surface area contributed by atoms with Crippen LogP contribution in [-0.4, -0.2) is 57.0 Å². The molecule has 34 heavy (non-hydrogen) atoms. The van der Waals surface area contributed by atoms with Gasteiger partial charge in [0.2, 0.25) is 0 Å². The quantitative estimate of drug-likeness (QED) is 0.434. The van der Waals surface area contributed by atoms with Gasteiger partial charge in [-0.15, -0.1) is 0 Å². The van der Waals surface area contributed by atoms with Crippen molar-refractivity contribution in [3.05, 3.63) is 71.4 Å². The predicted molar refractivity (Wildman–Crippen MR) is 125 cm³/mol. The first-order valence-electron chi connectivity index (χ1n) is 10.7. The van der Waals surface area contributed by atoms with Crippen LogP contribution in [0, 0.1) is 0 Å². The van der Waals surface area contributed by atoms with Crippen LogP contribution in [0.5, 0.6) is 11.5 Å². The third kappa shape index (κ3) is 4.67. The average molecular weight is 488 g/mol. The van der Waals surface area contributed by atoms with E-state index in [1.165, 1.54) is 4.31 Å². The molecular formula is C24H29N3O6S. The number of nitrogens with zero attached hydrogens (tertiary/aromatic N) is 3. The maximum Gasteiger partial charge on any atom is 0.263 e. The molecular weight excluding hydrogens is 458 g/mol. The summed E-state index contributed by atoms with van der Waals surface area (Å²) in [6, 6.07) is 16.2. The van der Waals surface area contributed by atoms with Gasteiger partial charge in [0.15, 0.2) is 10.6 Å². The minimum Gasteiger partial charge on any atom is -0.497 e. The van der Waals surface area contributed by atoms with Gasteiger partial charge < -0.3 is 18.9 Å². The van der Waals surface area contributed by atoms with Crippen LogP contribution in [0.25, 0.3) is 0 Å². The summed E-state index contributed by atoms with van der Waals surface area (Å²) in [4.78, 5) is 0. The number of benzene rings is 2. The standard InChI is InChI=1S/C24H29N3O6S/c1-26-22(24(32-4)16-33-17-24)13-23(25-26)34(28,29)27(14-18-5-9-20(30-2)10-6-18)15-19-7-11-21(31-3)12-8-19/h5-13H,14-17H2,1-4H3. The van der Waals surface area contributed by atoms with Crippen molar-refractivity contribution in [1.29, 1.82) is 0 Å². The van der Waals surface area contributed by atoms with E-state index in [0.717, 1.165) is 11.1 Å². The Kier molecular flexibility index (Phi) is 6.94. The minimum atomic E-state index is -3.94. The predicted octanol–water partition coefficient (Wildman–Crippen LogP) is 2.70. The molecule has 4 rings (SSSR count). The fourth-order valence-corrected chi connectivity index (χ4v) is 5.27. The van der Waals surface area contributed by atoms with Crippen molar-refractivity contribution >= 4 is 10.0 Å². The van der Waals surface area contributed by atoms with Crippen molar-refractivity contribution in [2.24, 2.45) is 7.05 Å². The van der Waals surface area contributed by atoms with Gasteiger partial charge in [-0.1, -0.05) is 24.3 Å². The van der Waals surface area contributed by atoms with E-state index in [-0.39, 0.29) is 18.1 Å². The molecule has 0 N–H and O–H groups in total. The molecule has 0 atom stereocenters. The number of aryl methyl sites for hydroxylation is 1. The Morgan fingerprint density at radius 1 is 0.941 bits per heavy atom. The molecule has 0 radical (unpaired) electrons. The van der Waals surface area contributed by atoms with E-state index in [0.29, 0.717) is 30.4 Å². The molecule has 0 amide bonds. The van der Waals surface area contributed by atoms with Gasteiger partial charge in [-0.3, -0.25) is 4.68 Å². The lowest BCUT2D eigenvalue weighted by Crippen LogP contribution is -2.49. The summed E-state index contributed by atoms with van der Waals surface area (Å²) < 4.78 is 52.0. The Hall–Kier alpha value is -2.92. The molecule has 1 aliphatic heterocycles. The lowest BCUT2D eigenvalue weighted by atomic mass is 9.97. The van der Waals surface area contributed by atoms with Crippen LogP contribution < -0.4 is 9.47 Å². The lowest BCUT2D eigenvalue weighted by molar-refractivity contribution is -0.206. The SMILES string of the molecule is COc1ccc(CN(Cc2ccc(OC)cc2)S(=O)(=O)c2cc(C3(OC)COC3)n(C)n2)cc1. The largest absolute Gasteiger partial charge is 0.497 e. The number of rotatable bonds is 10. The second-order valence-electron chi connectivity index (χ2n) is 8.15. The highest BCUT2D eigenvalue weighted by molar-refractivity contribution is 7.89. The molecule has 182 valence electrons. The van der Waals surface area contributed by atoms with Crippen LogP contribution in [0.1, 0.15) is 16.8 Å². The van der Waals surface area contributed by atoms with E-state index < -0.39 is 15.6 Å². The van der Waals surface area contributed by atoms with Crippen LogP contribution in [0.15, 0.2) is 59.6 Å². The highest BCUT2D eigenvalue weighted by atomic mass is 32.2. The van der Waals surface area contributed by atoms with Crippen LogP contribution in [0.2, 0.25) is 0 Å². The molecule has 1 fully saturated rings. The van der Waals surface area contributed by atoms with Crippen LogP contribution in [-0.2, 0) is 45.2 Å². The lowest BCUT2D eigenvalue weighted by Gasteiger charge is -2.39. The molecule has 2 heterocycles. The van der Waals surface area contributed by atoms with E-state index in [1.54, 1.807) is 39.1 Å². The van der Waals surface area contributed by atoms with Gasteiger partial charge in [0.05, 0.1) is 33.1 Å². The van der Waals surface area contributed by atoms with Crippen LogP contribution in [0.3, 0.4) is 0 Å². The molecule has 0 unspecified atom stereocenters. The van der Waals surface area contributed by atoms with Gasteiger partial charge in [0, 0.05) is 33.3 Å². The van der Waals surface area contributed by atoms with Crippen molar-refractivity contribution in [3.63, 3.8) is 0 Å². The number of hydrogen-bond donors (Lipinski definition) is 0. The number of ether oxygens (including phenoxy) is 4. The fourth-order valence-electron chi connectivity index (χ4n) is 3.88. The third-order valence-corrected chi connectivity index (χ3v) is 7.69. The Balaban J connectivity index is 1.68. The molecule has 9 nitrogen and oxygen atoms in total. The van der Waals surface area contributed by atoms with Crippen LogP contribution in [0.4, 0.5) is 0 Å². The Morgan fingerprint density at radius 3 is 1.82 bits per heavy atom. The molecule has 0 saturated carbocycles. The number of aromatic nitrogens is 2. The summed E-state index contributed by atoms with van der Waals surface area (Å²) >= 11 is 0. The summed E-state index contributed by atoms with van der Waals surface area (Å²) in [7, 11) is 2.54. The van der Waals surface area contributed by atoms with E-state index in [2.05, 4.69) is 5.10 Å². The second kappa shape index (κ2) is 9.75. The highest BCUT2D eigenvalue weighted by Gasteiger charge is 2.44. The maximum atomic E-state index is 13.8. The summed E-state index contributed by atoms with van der Waals surface area (Å²) in [6.45, 7) is 1.04. The van der Waals surface area contributed by atoms with Gasteiger partial charge in [-0.25, -0.2) is 8.42 Å².